The third-order valence-corrected chi connectivity index (χ3v) is 21.1. The van der Waals surface area contributed by atoms with Crippen LogP contribution in [-0.4, -0.2) is 243 Å². The Morgan fingerprint density at radius 3 is 1.28 bits per heavy atom. The van der Waals surface area contributed by atoms with E-state index in [0.717, 1.165) is 17.3 Å². The number of pyridine rings is 4. The molecule has 678 valence electrons. The summed E-state index contributed by atoms with van der Waals surface area (Å²) in [4.78, 5) is 133. The third-order valence-electron chi connectivity index (χ3n) is 20.3. The second-order valence-corrected chi connectivity index (χ2v) is 31.4. The van der Waals surface area contributed by atoms with Crippen molar-refractivity contribution in [1.29, 1.82) is 0 Å². The fourth-order valence-corrected chi connectivity index (χ4v) is 15.2. The van der Waals surface area contributed by atoms with Crippen LogP contribution in [0.2, 0.25) is 20.1 Å². The monoisotopic (exact) mass is 1870 g/mol. The maximum Gasteiger partial charge on any atom is 0.405 e. The first-order valence-corrected chi connectivity index (χ1v) is 39.2. The molecule has 0 aromatic carbocycles. The average Bonchev–Trinajstić information content (AvgIpc) is 1.61. The lowest BCUT2D eigenvalue weighted by Gasteiger charge is -2.29. The summed E-state index contributed by atoms with van der Waals surface area (Å²) in [5, 5.41) is 32.4. The number of hydrogen-bond acceptors (Lipinski definition) is 24. The lowest BCUT2D eigenvalue weighted by Crippen LogP contribution is -2.51. The van der Waals surface area contributed by atoms with Gasteiger partial charge in [-0.2, -0.15) is 57.7 Å². The zero-order valence-electron chi connectivity index (χ0n) is 65.3. The largest absolute Gasteiger partial charge is 0.405 e. The van der Waals surface area contributed by atoms with E-state index in [4.69, 9.17) is 52.1 Å². The number of halogens is 19. The number of nitrogens with two attached hydrogens (primary N) is 1. The minimum atomic E-state index is -4.61. The summed E-state index contributed by atoms with van der Waals surface area (Å²) in [5.41, 5.74) is 6.77. The second kappa shape index (κ2) is 36.9. The summed E-state index contributed by atoms with van der Waals surface area (Å²) < 4.78 is 194. The fraction of sp³-hybridized carbons (Fsp3) is 0.360. The molecule has 0 aliphatic carbocycles. The normalized spacial score (nSPS) is 20.2. The zero-order valence-corrected chi connectivity index (χ0v) is 68.3. The van der Waals surface area contributed by atoms with Crippen molar-refractivity contribution in [1.82, 2.24) is 106 Å². The Labute approximate surface area is 728 Å². The van der Waals surface area contributed by atoms with Gasteiger partial charge in [-0.05, 0) is 56.5 Å². The molecule has 33 nitrogen and oxygen atoms in total. The number of carbonyl (C=O) groups is 5. The van der Waals surface area contributed by atoms with Gasteiger partial charge in [0, 0.05) is 136 Å². The molecule has 0 bridgehead atoms. The fourth-order valence-electron chi connectivity index (χ4n) is 14.6. The maximum atomic E-state index is 14.8. The molecule has 8 atom stereocenters. The van der Waals surface area contributed by atoms with Crippen LogP contribution < -0.4 is 46.6 Å². The molecule has 0 saturated carbocycles. The molecule has 4 aliphatic rings. The Morgan fingerprint density at radius 2 is 0.874 bits per heavy atom. The summed E-state index contributed by atoms with van der Waals surface area (Å²) in [6.07, 6.45) is -3.26. The molecule has 16 rings (SSSR count). The van der Waals surface area contributed by atoms with Crippen LogP contribution in [0.5, 0.6) is 0 Å². The smallest absolute Gasteiger partial charge is 0.388 e. The van der Waals surface area contributed by atoms with Gasteiger partial charge in [-0.3, -0.25) is 24.0 Å². The molecule has 16 heterocycles. The van der Waals surface area contributed by atoms with Gasteiger partial charge in [0.25, 0.3) is 0 Å². The first kappa shape index (κ1) is 92.3. The van der Waals surface area contributed by atoms with E-state index in [1.807, 2.05) is 10.6 Å². The van der Waals surface area contributed by atoms with Crippen molar-refractivity contribution in [2.24, 2.45) is 5.73 Å². The number of rotatable bonds is 18. The number of aromatic nitrogens is 17. The molecule has 4 saturated heterocycles. The molecule has 12 aromatic rings. The van der Waals surface area contributed by atoms with Crippen LogP contribution in [0.4, 0.5) is 89.3 Å². The number of nitrogens with zero attached hydrogens (tertiary/aromatic N) is 17. The van der Waals surface area contributed by atoms with Gasteiger partial charge in [0.1, 0.15) is 97.3 Å². The van der Waals surface area contributed by atoms with Crippen LogP contribution in [0.3, 0.4) is 0 Å². The summed E-state index contributed by atoms with van der Waals surface area (Å²) in [5.74, 6) is -6.10. The number of carbonyl (C=O) groups excluding carboxylic acids is 5. The topological polar surface area (TPSA) is 444 Å². The van der Waals surface area contributed by atoms with Crippen LogP contribution >= 0.6 is 46.4 Å². The number of aromatic amines is 4. The van der Waals surface area contributed by atoms with Gasteiger partial charge in [-0.1, -0.05) is 53.3 Å². The van der Waals surface area contributed by atoms with Crippen LogP contribution in [0, 0.1) is 11.6 Å². The molecule has 0 radical (unpaired) electrons. The highest BCUT2D eigenvalue weighted by Crippen LogP contribution is 2.41. The van der Waals surface area contributed by atoms with E-state index in [1.54, 1.807) is 66.6 Å². The number of anilines is 4. The van der Waals surface area contributed by atoms with Gasteiger partial charge in [0.2, 0.25) is 35.5 Å². The van der Waals surface area contributed by atoms with Gasteiger partial charge in [0.15, 0.2) is 46.6 Å². The first-order valence-electron chi connectivity index (χ1n) is 37.7. The van der Waals surface area contributed by atoms with E-state index < -0.39 is 140 Å². The number of fused-ring (bicyclic) bond motifs is 4. The quantitative estimate of drug-likeness (QED) is 0.0355. The van der Waals surface area contributed by atoms with Crippen molar-refractivity contribution in [2.75, 3.05) is 65.4 Å². The Bertz CT molecular complexity index is 6130. The van der Waals surface area contributed by atoms with E-state index in [-0.39, 0.29) is 109 Å². The van der Waals surface area contributed by atoms with Crippen LogP contribution in [0.15, 0.2) is 105 Å². The average molecular weight is 1880 g/mol. The molecule has 12 aromatic heterocycles. The predicted octanol–water partition coefficient (Wildman–Crippen LogP) is 11.6. The number of nitrogens with one attached hydrogen (secondary N) is 8. The van der Waals surface area contributed by atoms with E-state index in [1.165, 1.54) is 65.0 Å². The number of aliphatic hydroxyl groups is 2. The third kappa shape index (κ3) is 22.0. The van der Waals surface area contributed by atoms with Crippen molar-refractivity contribution in [3.8, 4) is 45.6 Å². The number of H-pyrrole nitrogens is 4. The van der Waals surface area contributed by atoms with Crippen molar-refractivity contribution >= 4 is 143 Å². The molecule has 12 N–H and O–H groups in total. The molecular formula is C75H73Cl4F15N26O7. The van der Waals surface area contributed by atoms with Gasteiger partial charge in [0.05, 0.1) is 50.2 Å². The minimum Gasteiger partial charge on any atom is -0.388 e. The van der Waals surface area contributed by atoms with Crippen molar-refractivity contribution in [3.05, 3.63) is 137 Å². The zero-order chi connectivity index (χ0) is 91.7. The second-order valence-electron chi connectivity index (χ2n) is 29.6. The number of hydrogen-bond donors (Lipinski definition) is 11. The van der Waals surface area contributed by atoms with Gasteiger partial charge >= 0.3 is 24.7 Å². The van der Waals surface area contributed by atoms with Crippen LogP contribution in [-0.2, 0) is 24.0 Å². The molecule has 5 amide bonds. The Kier molecular flexibility index (Phi) is 26.8. The Hall–Kier alpha value is -12.4. The highest BCUT2D eigenvalue weighted by molar-refractivity contribution is 6.32. The van der Waals surface area contributed by atoms with Crippen LogP contribution in [0.1, 0.15) is 56.7 Å². The van der Waals surface area contributed by atoms with Crippen molar-refractivity contribution in [2.45, 2.75) is 125 Å². The number of amides is 5. The standard InChI is InChI=1S/C20H19ClF4N6O2.C19H17ClF4N6O2.C19H17ClF3N7O2.C17H14ClF4N7O.3H2/c1-2-19(33)4-14(18(32)29-8-20(23,24)25)31(9-19)17-13(22)7-28-16(30-17)12-6-27-15-11(12)3-10(21)5-26-15;1-18(32)3-13(17(31)28-7-19(22,23)24)30(8-18)16-12(21)6-27-15(29-16)11-5-26-14-10(11)2-9(20)4-25-14;20-9-5-10-11(7-27-16(10)26-6-9)17-25-4-3-14(29-17)30-12(15(24)31)1-2-13(30)18(32)28-8-19(21,22)23;18-8-1-10-11(4-24-13(10)23-3-8)14-26-7-27-16(28-14)29-5-9(19)2-12(29)15(30)25-6-17(20,21)22;;;/h3,5-7,14,33H,2,4,8-9H2,1H3,(H,26,27)(H,29,32);2,4-6,13,32H,3,7-8H2,1H3,(H,25,26)(H,28,31);3-7,12-13H,1-2,8H2,(H2,24,31)(H,26,27)(H,28,32);1,3-4,7,9,12H,2,5-6H2,(H,23,24)(H,25,30);3*1H/t14-,19-;13-,18-;12-,13+;9-,12+;;;/m1100.../s1. The first-order chi connectivity index (χ1) is 59.8. The van der Waals surface area contributed by atoms with Crippen molar-refractivity contribution in [3.63, 3.8) is 0 Å². The maximum absolute atomic E-state index is 14.8. The minimum absolute atomic E-state index is 0. The molecule has 0 spiro atoms. The van der Waals surface area contributed by atoms with Gasteiger partial charge < -0.3 is 76.7 Å². The Balaban J connectivity index is 0.000000179. The number of alkyl halides is 13. The van der Waals surface area contributed by atoms with Crippen LogP contribution in [0.25, 0.3) is 89.7 Å². The highest BCUT2D eigenvalue weighted by Gasteiger charge is 2.50. The number of β-amino-alcohol motifs (C(OH)–C–C–N with tert-alkyl or cyclic N) is 2. The van der Waals surface area contributed by atoms with E-state index in [2.05, 4.69) is 84.7 Å². The molecule has 4 aliphatic heterocycles. The highest BCUT2D eigenvalue weighted by atomic mass is 35.5. The summed E-state index contributed by atoms with van der Waals surface area (Å²) in [6, 6.07) is 2.43. The predicted molar refractivity (Wildman–Crippen MR) is 435 cm³/mol. The molecule has 52 heteroatoms. The van der Waals surface area contributed by atoms with E-state index in [9.17, 15) is 100 Å². The molecule has 127 heavy (non-hydrogen) atoms. The van der Waals surface area contributed by atoms with Gasteiger partial charge in [-0.15, -0.1) is 0 Å². The van der Waals surface area contributed by atoms with Crippen molar-refractivity contribution < 1.29 is 104 Å². The number of primary amides is 1. The molecule has 0 unspecified atom stereocenters. The van der Waals surface area contributed by atoms with E-state index >= 15 is 0 Å². The lowest BCUT2D eigenvalue weighted by atomic mass is 9.97. The molecular weight excluding hydrogens is 1800 g/mol. The Morgan fingerprint density at radius 1 is 0.496 bits per heavy atom. The SMILES string of the molecule is CC[C@@]1(O)C[C@H](C(=O)NCC(F)(F)F)N(c2nc(-c3c[nH]c4ncc(Cl)cc34)ncc2F)C1.C[C@@]1(O)C[C@H](C(=O)NCC(F)(F)F)N(c2nc(-c3c[nH]c4ncc(Cl)cc34)ncc2F)C1.NC(=O)[C@@H]1CC[C@H](C(=O)NCC(F)(F)F)N1c1ccnc(-c2c[nH]c3ncc(Cl)cc23)n1.O=C(NCC(F)(F)F)[C@H]1C[C@H](F)CN1c1ncnc(-c2c[nH]c3ncc(Cl)cc23)n1.[HH].[HH].[HH]. The summed E-state index contributed by atoms with van der Waals surface area (Å²) in [6.45, 7) is -3.62. The summed E-state index contributed by atoms with van der Waals surface area (Å²) >= 11 is 24.1. The van der Waals surface area contributed by atoms with E-state index in [0.29, 0.717) is 86.5 Å². The lowest BCUT2D eigenvalue weighted by molar-refractivity contribution is -0.139. The molecule has 4 fully saturated rings. The van der Waals surface area contributed by atoms with Gasteiger partial charge in [-0.25, -0.2) is 73.0 Å². The summed E-state index contributed by atoms with van der Waals surface area (Å²) in [7, 11) is 0.